The average Bonchev–Trinajstić information content (AvgIpc) is 3.28. The molecule has 3 aromatic heterocycles. The lowest BCUT2D eigenvalue weighted by Crippen LogP contribution is -2.22. The molecule has 0 radical (unpaired) electrons. The second kappa shape index (κ2) is 7.13. The number of fused-ring (bicyclic) bond motifs is 2. The highest BCUT2D eigenvalue weighted by molar-refractivity contribution is 5.83. The molecule has 3 heterocycles. The van der Waals surface area contributed by atoms with Gasteiger partial charge >= 0.3 is 0 Å². The van der Waals surface area contributed by atoms with Crippen molar-refractivity contribution in [3.05, 3.63) is 42.7 Å². The molecule has 0 unspecified atom stereocenters. The van der Waals surface area contributed by atoms with E-state index >= 15 is 0 Å². The van der Waals surface area contributed by atoms with Crippen molar-refractivity contribution in [2.75, 3.05) is 5.73 Å². The average molecular weight is 349 g/mol. The summed E-state index contributed by atoms with van der Waals surface area (Å²) in [6.07, 6.45) is 10.3. The van der Waals surface area contributed by atoms with Crippen LogP contribution in [-0.2, 0) is 0 Å². The van der Waals surface area contributed by atoms with Crippen molar-refractivity contribution in [1.29, 1.82) is 0 Å². The number of aromatic amines is 1. The number of anilines is 1. The van der Waals surface area contributed by atoms with Gasteiger partial charge in [0.05, 0.1) is 23.6 Å². The summed E-state index contributed by atoms with van der Waals surface area (Å²) in [4.78, 5) is 4.33. The molecule has 5 N–H and O–H groups in total. The van der Waals surface area contributed by atoms with Gasteiger partial charge in [-0.1, -0.05) is 25.3 Å². The van der Waals surface area contributed by atoms with Crippen molar-refractivity contribution >= 4 is 22.4 Å². The van der Waals surface area contributed by atoms with E-state index in [9.17, 15) is 0 Å². The van der Waals surface area contributed by atoms with E-state index in [1.165, 1.54) is 32.1 Å². The van der Waals surface area contributed by atoms with Gasteiger partial charge in [0.25, 0.3) is 0 Å². The molecule has 0 amide bonds. The fourth-order valence-corrected chi connectivity index (χ4v) is 3.32. The third-order valence-electron chi connectivity index (χ3n) is 4.77. The van der Waals surface area contributed by atoms with Crippen molar-refractivity contribution in [2.24, 2.45) is 5.73 Å². The van der Waals surface area contributed by atoms with Gasteiger partial charge in [0, 0.05) is 17.0 Å². The molecule has 5 rings (SSSR count). The van der Waals surface area contributed by atoms with Gasteiger partial charge in [-0.15, -0.1) is 5.10 Å². The molecular weight excluding hydrogens is 326 g/mol. The zero-order valence-electron chi connectivity index (χ0n) is 14.6. The quantitative estimate of drug-likeness (QED) is 0.489. The highest BCUT2D eigenvalue weighted by Crippen LogP contribution is 2.24. The molecule has 1 aliphatic rings. The van der Waals surface area contributed by atoms with Crippen molar-refractivity contribution in [2.45, 2.75) is 38.1 Å². The summed E-state index contributed by atoms with van der Waals surface area (Å²) in [5.41, 5.74) is 15.1. The molecule has 0 aliphatic heterocycles. The van der Waals surface area contributed by atoms with Gasteiger partial charge in [-0.3, -0.25) is 5.10 Å². The van der Waals surface area contributed by atoms with E-state index in [-0.39, 0.29) is 0 Å². The number of nitrogen functional groups attached to an aromatic ring is 1. The Morgan fingerprint density at radius 1 is 1.04 bits per heavy atom. The van der Waals surface area contributed by atoms with Crippen LogP contribution in [0.25, 0.3) is 27.8 Å². The van der Waals surface area contributed by atoms with Crippen LogP contribution in [0, 0.1) is 0 Å². The third-order valence-corrected chi connectivity index (χ3v) is 4.77. The maximum Gasteiger partial charge on any atom is 0.154 e. The topological polar surface area (TPSA) is 111 Å². The van der Waals surface area contributed by atoms with Crippen LogP contribution in [0.5, 0.6) is 0 Å². The Morgan fingerprint density at radius 2 is 1.88 bits per heavy atom. The van der Waals surface area contributed by atoms with Crippen LogP contribution < -0.4 is 11.5 Å². The van der Waals surface area contributed by atoms with E-state index in [2.05, 4.69) is 20.3 Å². The van der Waals surface area contributed by atoms with Crippen LogP contribution in [0.3, 0.4) is 0 Å². The normalized spacial score (nSPS) is 15.1. The summed E-state index contributed by atoms with van der Waals surface area (Å²) in [6, 6.07) is 10.2. The minimum absolute atomic E-state index is 0.469. The Bertz CT molecular complexity index is 1010. The van der Waals surface area contributed by atoms with Crippen LogP contribution >= 0.6 is 0 Å². The Hall–Kier alpha value is -2.93. The first-order valence-corrected chi connectivity index (χ1v) is 9.00. The zero-order valence-corrected chi connectivity index (χ0v) is 14.6. The Morgan fingerprint density at radius 3 is 2.65 bits per heavy atom. The summed E-state index contributed by atoms with van der Waals surface area (Å²) in [7, 11) is 0. The summed E-state index contributed by atoms with van der Waals surface area (Å²) >= 11 is 0. The number of rotatable bonds is 1. The largest absolute Gasteiger partial charge is 0.382 e. The highest BCUT2D eigenvalue weighted by atomic mass is 15.3. The molecule has 1 aromatic carbocycles. The number of imidazole rings is 1. The molecule has 7 nitrogen and oxygen atoms in total. The predicted molar refractivity (Wildman–Crippen MR) is 104 cm³/mol. The lowest BCUT2D eigenvalue weighted by Gasteiger charge is -2.15. The molecule has 1 fully saturated rings. The van der Waals surface area contributed by atoms with Gasteiger partial charge < -0.3 is 11.5 Å². The van der Waals surface area contributed by atoms with Gasteiger partial charge in [0.2, 0.25) is 0 Å². The molecule has 134 valence electrons. The molecular formula is C19H23N7. The van der Waals surface area contributed by atoms with Gasteiger partial charge in [-0.2, -0.15) is 5.10 Å². The van der Waals surface area contributed by atoms with Crippen molar-refractivity contribution in [3.63, 3.8) is 0 Å². The first kappa shape index (κ1) is 16.5. The first-order chi connectivity index (χ1) is 12.7. The first-order valence-electron chi connectivity index (χ1n) is 9.00. The standard InChI is InChI=1S/C13H10N6.C6H13N/c14-12-3-4-13-15-7-11(19(13)18-12)8-1-2-10-9(5-8)6-16-17-10;7-6-4-2-1-3-5-6/h1-7H,(H2,14,18)(H,16,17);6H,1-5,7H2. The molecule has 7 heteroatoms. The number of hydrogen-bond donors (Lipinski definition) is 3. The molecule has 1 saturated carbocycles. The van der Waals surface area contributed by atoms with E-state index in [1.807, 2.05) is 24.3 Å². The van der Waals surface area contributed by atoms with Crippen molar-refractivity contribution < 1.29 is 0 Å². The number of nitrogens with zero attached hydrogens (tertiary/aromatic N) is 4. The molecule has 0 spiro atoms. The second-order valence-corrected chi connectivity index (χ2v) is 6.74. The Balaban J connectivity index is 0.000000204. The number of hydrogen-bond acceptors (Lipinski definition) is 5. The number of benzene rings is 1. The number of aromatic nitrogens is 5. The fraction of sp³-hybridized carbons (Fsp3) is 0.316. The third kappa shape index (κ3) is 3.39. The lowest BCUT2D eigenvalue weighted by atomic mass is 9.97. The lowest BCUT2D eigenvalue weighted by molar-refractivity contribution is 0.441. The maximum atomic E-state index is 5.73. The molecule has 0 bridgehead atoms. The van der Waals surface area contributed by atoms with Crippen LogP contribution in [0.2, 0.25) is 0 Å². The van der Waals surface area contributed by atoms with Crippen LogP contribution in [0.15, 0.2) is 42.7 Å². The molecule has 4 aromatic rings. The Kier molecular flexibility index (Phi) is 4.53. The minimum atomic E-state index is 0.469. The molecule has 1 aliphatic carbocycles. The highest BCUT2D eigenvalue weighted by Gasteiger charge is 2.08. The van der Waals surface area contributed by atoms with E-state index in [1.54, 1.807) is 23.0 Å². The zero-order chi connectivity index (χ0) is 17.9. The van der Waals surface area contributed by atoms with Crippen LogP contribution in [-0.4, -0.2) is 30.8 Å². The van der Waals surface area contributed by atoms with Gasteiger partial charge in [-0.25, -0.2) is 9.50 Å². The van der Waals surface area contributed by atoms with E-state index in [0.717, 1.165) is 27.8 Å². The fourth-order valence-electron chi connectivity index (χ4n) is 3.32. The van der Waals surface area contributed by atoms with E-state index in [4.69, 9.17) is 11.5 Å². The predicted octanol–water partition coefficient (Wildman–Crippen LogP) is 3.13. The summed E-state index contributed by atoms with van der Waals surface area (Å²) in [5, 5.41) is 12.3. The molecule has 0 atom stereocenters. The summed E-state index contributed by atoms with van der Waals surface area (Å²) in [5.74, 6) is 0.469. The number of H-pyrrole nitrogens is 1. The van der Waals surface area contributed by atoms with Gasteiger partial charge in [-0.05, 0) is 37.1 Å². The van der Waals surface area contributed by atoms with Crippen molar-refractivity contribution in [1.82, 2.24) is 24.8 Å². The number of nitrogens with one attached hydrogen (secondary N) is 1. The smallest absolute Gasteiger partial charge is 0.154 e. The van der Waals surface area contributed by atoms with Crippen LogP contribution in [0.4, 0.5) is 5.82 Å². The minimum Gasteiger partial charge on any atom is -0.382 e. The summed E-state index contributed by atoms with van der Waals surface area (Å²) < 4.78 is 1.75. The SMILES string of the molecule is NC1CCCCC1.Nc1ccc2ncc(-c3ccc4[nH]ncc4c3)n2n1. The monoisotopic (exact) mass is 349 g/mol. The van der Waals surface area contributed by atoms with E-state index < -0.39 is 0 Å². The van der Waals surface area contributed by atoms with Gasteiger partial charge in [0.1, 0.15) is 5.82 Å². The van der Waals surface area contributed by atoms with Crippen molar-refractivity contribution in [3.8, 4) is 11.3 Å². The summed E-state index contributed by atoms with van der Waals surface area (Å²) in [6.45, 7) is 0. The Labute approximate surface area is 151 Å². The number of nitrogens with two attached hydrogens (primary N) is 2. The second-order valence-electron chi connectivity index (χ2n) is 6.74. The molecule has 26 heavy (non-hydrogen) atoms. The molecule has 0 saturated heterocycles. The maximum absolute atomic E-state index is 5.73. The van der Waals surface area contributed by atoms with Crippen LogP contribution in [0.1, 0.15) is 32.1 Å². The van der Waals surface area contributed by atoms with E-state index in [0.29, 0.717) is 11.9 Å². The van der Waals surface area contributed by atoms with Gasteiger partial charge in [0.15, 0.2) is 5.65 Å².